The summed E-state index contributed by atoms with van der Waals surface area (Å²) in [5, 5.41) is 11.1. The van der Waals surface area contributed by atoms with Crippen molar-refractivity contribution in [2.24, 2.45) is 10.7 Å². The minimum Gasteiger partial charge on any atom is -0.370 e. The monoisotopic (exact) mass is 282 g/mol. The van der Waals surface area contributed by atoms with E-state index in [-0.39, 0.29) is 24.0 Å². The second kappa shape index (κ2) is 10.5. The number of hydrogen-bond acceptors (Lipinski definition) is 2. The quantitative estimate of drug-likeness (QED) is 0.347. The van der Waals surface area contributed by atoms with Gasteiger partial charge in [0.05, 0.1) is 6.07 Å². The van der Waals surface area contributed by atoms with Crippen molar-refractivity contribution in [2.45, 2.75) is 19.3 Å². The van der Waals surface area contributed by atoms with Crippen LogP contribution in [0.5, 0.6) is 0 Å². The minimum atomic E-state index is 0. The summed E-state index contributed by atoms with van der Waals surface area (Å²) in [5.41, 5.74) is 5.36. The second-order valence-corrected chi connectivity index (χ2v) is 2.15. The van der Waals surface area contributed by atoms with Crippen molar-refractivity contribution >= 4 is 29.9 Å². The Labute approximate surface area is 90.3 Å². The lowest BCUT2D eigenvalue weighted by atomic mass is 10.2. The summed E-state index contributed by atoms with van der Waals surface area (Å²) in [5.74, 6) is 0.460. The SMILES string of the molecule is CN=C(N)NCCCCC#N.I. The van der Waals surface area contributed by atoms with Gasteiger partial charge in [-0.2, -0.15) is 5.26 Å². The van der Waals surface area contributed by atoms with Gasteiger partial charge in [0, 0.05) is 20.0 Å². The Balaban J connectivity index is 0. The lowest BCUT2D eigenvalue weighted by Gasteiger charge is -2.01. The van der Waals surface area contributed by atoms with Crippen LogP contribution >= 0.6 is 24.0 Å². The molecule has 3 N–H and O–H groups in total. The fourth-order valence-electron chi connectivity index (χ4n) is 0.625. The van der Waals surface area contributed by atoms with Crippen LogP contribution < -0.4 is 11.1 Å². The Morgan fingerprint density at radius 2 is 2.25 bits per heavy atom. The Hall–Kier alpha value is -0.510. The van der Waals surface area contributed by atoms with E-state index >= 15 is 0 Å². The van der Waals surface area contributed by atoms with E-state index < -0.39 is 0 Å². The highest BCUT2D eigenvalue weighted by atomic mass is 127. The van der Waals surface area contributed by atoms with E-state index in [2.05, 4.69) is 16.4 Å². The smallest absolute Gasteiger partial charge is 0.188 e. The van der Waals surface area contributed by atoms with E-state index in [0.717, 1.165) is 19.4 Å². The van der Waals surface area contributed by atoms with E-state index in [1.54, 1.807) is 7.05 Å². The molecule has 0 atom stereocenters. The van der Waals surface area contributed by atoms with Crippen molar-refractivity contribution in [2.75, 3.05) is 13.6 Å². The van der Waals surface area contributed by atoms with Crippen LogP contribution in [0.25, 0.3) is 0 Å². The largest absolute Gasteiger partial charge is 0.370 e. The van der Waals surface area contributed by atoms with Crippen LogP contribution in [0, 0.1) is 11.3 Å². The third-order valence-corrected chi connectivity index (χ3v) is 1.26. The summed E-state index contributed by atoms with van der Waals surface area (Å²) in [6.45, 7) is 0.796. The zero-order valence-corrected chi connectivity index (χ0v) is 9.54. The maximum absolute atomic E-state index is 8.20. The normalized spacial score (nSPS) is 9.83. The second-order valence-electron chi connectivity index (χ2n) is 2.15. The molecule has 0 saturated carbocycles. The first-order valence-corrected chi connectivity index (χ1v) is 3.64. The predicted octanol–water partition coefficient (Wildman–Crippen LogP) is 0.832. The van der Waals surface area contributed by atoms with E-state index in [9.17, 15) is 0 Å². The topological polar surface area (TPSA) is 74.2 Å². The molecular formula is C7H15IN4. The number of halogens is 1. The first-order valence-electron chi connectivity index (χ1n) is 3.64. The Morgan fingerprint density at radius 3 is 2.75 bits per heavy atom. The molecule has 12 heavy (non-hydrogen) atoms. The summed E-state index contributed by atoms with van der Waals surface area (Å²) in [7, 11) is 1.64. The molecule has 70 valence electrons. The number of unbranched alkanes of at least 4 members (excludes halogenated alkanes) is 2. The molecule has 0 amide bonds. The van der Waals surface area contributed by atoms with Gasteiger partial charge >= 0.3 is 0 Å². The number of nitrogens with one attached hydrogen (secondary N) is 1. The van der Waals surface area contributed by atoms with E-state index in [1.807, 2.05) is 0 Å². The van der Waals surface area contributed by atoms with Crippen molar-refractivity contribution in [3.05, 3.63) is 0 Å². The predicted molar refractivity (Wildman–Crippen MR) is 60.4 cm³/mol. The number of nitrogens with two attached hydrogens (primary N) is 1. The van der Waals surface area contributed by atoms with E-state index in [0.29, 0.717) is 12.4 Å². The number of nitriles is 1. The summed E-state index contributed by atoms with van der Waals surface area (Å²) in [6, 6.07) is 2.08. The summed E-state index contributed by atoms with van der Waals surface area (Å²) < 4.78 is 0. The maximum atomic E-state index is 8.20. The van der Waals surface area contributed by atoms with E-state index in [1.165, 1.54) is 0 Å². The molecular weight excluding hydrogens is 267 g/mol. The van der Waals surface area contributed by atoms with Gasteiger partial charge in [-0.05, 0) is 12.8 Å². The van der Waals surface area contributed by atoms with Gasteiger partial charge in [0.1, 0.15) is 0 Å². The Morgan fingerprint density at radius 1 is 1.58 bits per heavy atom. The van der Waals surface area contributed by atoms with Crippen LogP contribution in [0.15, 0.2) is 4.99 Å². The van der Waals surface area contributed by atoms with Gasteiger partial charge in [-0.15, -0.1) is 24.0 Å². The molecule has 0 aromatic heterocycles. The van der Waals surface area contributed by atoms with Crippen LogP contribution in [-0.2, 0) is 0 Å². The average molecular weight is 282 g/mol. The zero-order chi connectivity index (χ0) is 8.53. The molecule has 0 aliphatic heterocycles. The van der Waals surface area contributed by atoms with Gasteiger partial charge in [0.25, 0.3) is 0 Å². The van der Waals surface area contributed by atoms with Gasteiger partial charge in [0.15, 0.2) is 5.96 Å². The zero-order valence-electron chi connectivity index (χ0n) is 7.21. The summed E-state index contributed by atoms with van der Waals surface area (Å²) in [4.78, 5) is 3.72. The first-order chi connectivity index (χ1) is 5.31. The molecule has 0 bridgehead atoms. The lowest BCUT2D eigenvalue weighted by Crippen LogP contribution is -2.31. The van der Waals surface area contributed by atoms with Crippen LogP contribution in [0.1, 0.15) is 19.3 Å². The molecule has 0 spiro atoms. The van der Waals surface area contributed by atoms with Crippen molar-refractivity contribution < 1.29 is 0 Å². The fourth-order valence-corrected chi connectivity index (χ4v) is 0.625. The molecule has 0 unspecified atom stereocenters. The average Bonchev–Trinajstić information content (AvgIpc) is 2.04. The van der Waals surface area contributed by atoms with Gasteiger partial charge in [-0.25, -0.2) is 0 Å². The number of hydrogen-bond donors (Lipinski definition) is 2. The molecule has 5 heteroatoms. The van der Waals surface area contributed by atoms with Crippen LogP contribution in [0.4, 0.5) is 0 Å². The Kier molecular flexibility index (Phi) is 12.3. The van der Waals surface area contributed by atoms with Crippen molar-refractivity contribution in [1.29, 1.82) is 5.26 Å². The number of aliphatic imine (C=N–C) groups is 1. The molecule has 0 radical (unpaired) electrons. The molecule has 0 aromatic carbocycles. The third kappa shape index (κ3) is 9.49. The van der Waals surface area contributed by atoms with Crippen molar-refractivity contribution in [3.8, 4) is 6.07 Å². The third-order valence-electron chi connectivity index (χ3n) is 1.26. The van der Waals surface area contributed by atoms with Crippen LogP contribution in [0.3, 0.4) is 0 Å². The fraction of sp³-hybridized carbons (Fsp3) is 0.714. The minimum absolute atomic E-state index is 0. The molecule has 0 heterocycles. The molecule has 0 fully saturated rings. The van der Waals surface area contributed by atoms with Gasteiger partial charge in [-0.1, -0.05) is 0 Å². The maximum Gasteiger partial charge on any atom is 0.188 e. The Bertz CT molecular complexity index is 161. The first kappa shape index (κ1) is 14.0. The van der Waals surface area contributed by atoms with E-state index in [4.69, 9.17) is 11.0 Å². The number of guanidine groups is 1. The molecule has 0 saturated heterocycles. The highest BCUT2D eigenvalue weighted by molar-refractivity contribution is 14.0. The molecule has 0 aromatic rings. The number of rotatable bonds is 4. The summed E-state index contributed by atoms with van der Waals surface area (Å²) in [6.07, 6.45) is 2.50. The highest BCUT2D eigenvalue weighted by Gasteiger charge is 1.88. The molecule has 0 rings (SSSR count). The standard InChI is InChI=1S/C7H14N4.HI/c1-10-7(9)11-6-4-2-3-5-8;/h2-4,6H2,1H3,(H3,9,10,11);1H. The van der Waals surface area contributed by atoms with Gasteiger partial charge in [-0.3, -0.25) is 4.99 Å². The van der Waals surface area contributed by atoms with Crippen LogP contribution in [0.2, 0.25) is 0 Å². The van der Waals surface area contributed by atoms with Crippen molar-refractivity contribution in [3.63, 3.8) is 0 Å². The molecule has 4 nitrogen and oxygen atoms in total. The summed E-state index contributed by atoms with van der Waals surface area (Å²) >= 11 is 0. The highest BCUT2D eigenvalue weighted by Crippen LogP contribution is 1.90. The van der Waals surface area contributed by atoms with Crippen molar-refractivity contribution in [1.82, 2.24) is 5.32 Å². The van der Waals surface area contributed by atoms with Gasteiger partial charge < -0.3 is 11.1 Å². The van der Waals surface area contributed by atoms with Gasteiger partial charge in [0.2, 0.25) is 0 Å². The number of nitrogens with zero attached hydrogens (tertiary/aromatic N) is 2. The molecule has 0 aliphatic rings. The molecule has 0 aliphatic carbocycles. The lowest BCUT2D eigenvalue weighted by molar-refractivity contribution is 0.720. The van der Waals surface area contributed by atoms with Crippen LogP contribution in [-0.4, -0.2) is 19.6 Å².